The molecule has 2 aromatic rings. The zero-order chi connectivity index (χ0) is 16.2. The van der Waals surface area contributed by atoms with Crippen molar-refractivity contribution < 1.29 is 0 Å². The Morgan fingerprint density at radius 2 is 1.83 bits per heavy atom. The normalized spacial score (nSPS) is 13.8. The molecular weight excluding hydrogens is 302 g/mol. The van der Waals surface area contributed by atoms with Gasteiger partial charge in [-0.05, 0) is 49.1 Å². The van der Waals surface area contributed by atoms with Crippen LogP contribution >= 0.6 is 11.8 Å². The predicted molar refractivity (Wildman–Crippen MR) is 101 cm³/mol. The van der Waals surface area contributed by atoms with Crippen LogP contribution in [-0.2, 0) is 6.54 Å². The van der Waals surface area contributed by atoms with E-state index < -0.39 is 0 Å². The molecule has 0 aromatic heterocycles. The molecule has 1 aliphatic heterocycles. The Bertz CT molecular complexity index is 724. The molecule has 0 aliphatic carbocycles. The van der Waals surface area contributed by atoms with Crippen molar-refractivity contribution in [2.24, 2.45) is 4.99 Å². The van der Waals surface area contributed by atoms with Gasteiger partial charge in [-0.1, -0.05) is 48.2 Å². The maximum Gasteiger partial charge on any atom is 0.175 e. The van der Waals surface area contributed by atoms with Gasteiger partial charge in [0, 0.05) is 5.75 Å². The van der Waals surface area contributed by atoms with Gasteiger partial charge < -0.3 is 0 Å². The first-order chi connectivity index (χ1) is 11.1. The van der Waals surface area contributed by atoms with E-state index in [9.17, 15) is 0 Å². The van der Waals surface area contributed by atoms with Crippen LogP contribution in [0, 0.1) is 20.8 Å². The maximum absolute atomic E-state index is 4.54. The zero-order valence-corrected chi connectivity index (χ0v) is 14.8. The number of thioether (sulfide) groups is 1. The Balaban J connectivity index is 1.93. The number of aliphatic imine (C=N–C) groups is 1. The summed E-state index contributed by atoms with van der Waals surface area (Å²) < 4.78 is 0. The minimum Gasteiger partial charge on any atom is -0.281 e. The molecule has 4 heteroatoms. The number of hydrazine groups is 1. The molecule has 0 atom stereocenters. The van der Waals surface area contributed by atoms with Crippen LogP contribution < -0.4 is 10.4 Å². The number of amidine groups is 1. The fourth-order valence-electron chi connectivity index (χ4n) is 2.69. The topological polar surface area (TPSA) is 27.6 Å². The highest BCUT2D eigenvalue weighted by molar-refractivity contribution is 8.14. The van der Waals surface area contributed by atoms with Crippen molar-refractivity contribution in [3.8, 4) is 0 Å². The zero-order valence-electron chi connectivity index (χ0n) is 14.0. The third kappa shape index (κ3) is 3.70. The highest BCUT2D eigenvalue weighted by Crippen LogP contribution is 2.25. The summed E-state index contributed by atoms with van der Waals surface area (Å²) in [6.07, 6.45) is 0. The molecule has 1 aliphatic rings. The van der Waals surface area contributed by atoms with E-state index in [1.54, 1.807) is 11.8 Å². The number of hydrogen-bond donors (Lipinski definition) is 1. The summed E-state index contributed by atoms with van der Waals surface area (Å²) in [5, 5.41) is 3.24. The Morgan fingerprint density at radius 1 is 1.04 bits per heavy atom. The lowest BCUT2D eigenvalue weighted by Gasteiger charge is -2.28. The Labute approximate surface area is 142 Å². The van der Waals surface area contributed by atoms with E-state index in [-0.39, 0.29) is 0 Å². The lowest BCUT2D eigenvalue weighted by molar-refractivity contribution is 0.762. The molecule has 0 amide bonds. The first kappa shape index (κ1) is 15.9. The number of nitrogens with zero attached hydrogens (tertiary/aromatic N) is 2. The molecule has 0 spiro atoms. The summed E-state index contributed by atoms with van der Waals surface area (Å²) in [5.41, 5.74) is 9.98. The van der Waals surface area contributed by atoms with E-state index in [1.165, 1.54) is 27.9 Å². The average molecular weight is 325 g/mol. The van der Waals surface area contributed by atoms with Gasteiger partial charge in [0.1, 0.15) is 0 Å². The van der Waals surface area contributed by atoms with Gasteiger partial charge in [0.2, 0.25) is 0 Å². The van der Waals surface area contributed by atoms with Crippen LogP contribution in [0.25, 0.3) is 0 Å². The number of nitrogens with one attached hydrogen (secondary N) is 1. The summed E-state index contributed by atoms with van der Waals surface area (Å²) in [7, 11) is 0. The van der Waals surface area contributed by atoms with E-state index in [2.05, 4.69) is 78.7 Å². The van der Waals surface area contributed by atoms with Crippen molar-refractivity contribution in [2.45, 2.75) is 27.3 Å². The Kier molecular flexibility index (Phi) is 4.91. The highest BCUT2D eigenvalue weighted by atomic mass is 32.2. The second kappa shape index (κ2) is 7.09. The average Bonchev–Trinajstić information content (AvgIpc) is 3.05. The van der Waals surface area contributed by atoms with Gasteiger partial charge in [-0.2, -0.15) is 0 Å². The summed E-state index contributed by atoms with van der Waals surface area (Å²) in [6.45, 7) is 8.22. The SMILES string of the molecule is Cc1ccccc1CN(NC1=NCCS1)c1cccc(C)c1C. The molecule has 1 N–H and O–H groups in total. The standard InChI is InChI=1S/C19H23N3S/c1-14-8-6-10-18(16(14)3)22(21-19-20-11-12-23-19)13-17-9-5-4-7-15(17)2/h4-10H,11-13H2,1-3H3,(H,20,21). The molecule has 0 saturated carbocycles. The molecular formula is C19H23N3S. The molecule has 0 saturated heterocycles. The largest absolute Gasteiger partial charge is 0.281 e. The fraction of sp³-hybridized carbons (Fsp3) is 0.316. The molecule has 2 aromatic carbocycles. The Hall–Kier alpha value is -1.94. The lowest BCUT2D eigenvalue weighted by Crippen LogP contribution is -2.40. The second-order valence-electron chi connectivity index (χ2n) is 5.88. The van der Waals surface area contributed by atoms with E-state index in [1.807, 2.05) is 0 Å². The van der Waals surface area contributed by atoms with Crippen molar-refractivity contribution in [1.29, 1.82) is 0 Å². The Morgan fingerprint density at radius 3 is 2.57 bits per heavy atom. The summed E-state index contributed by atoms with van der Waals surface area (Å²) in [6, 6.07) is 15.0. The molecule has 1 heterocycles. The van der Waals surface area contributed by atoms with Gasteiger partial charge in [-0.25, -0.2) is 0 Å². The van der Waals surface area contributed by atoms with Crippen LogP contribution in [0.1, 0.15) is 22.3 Å². The summed E-state index contributed by atoms with van der Waals surface area (Å²) in [4.78, 5) is 4.54. The molecule has 0 bridgehead atoms. The van der Waals surface area contributed by atoms with E-state index in [0.29, 0.717) is 0 Å². The van der Waals surface area contributed by atoms with E-state index >= 15 is 0 Å². The predicted octanol–water partition coefficient (Wildman–Crippen LogP) is 4.23. The van der Waals surface area contributed by atoms with Crippen molar-refractivity contribution >= 4 is 22.6 Å². The minimum atomic E-state index is 0.816. The molecule has 120 valence electrons. The van der Waals surface area contributed by atoms with Crippen molar-refractivity contribution in [3.05, 3.63) is 64.7 Å². The number of anilines is 1. The first-order valence-corrected chi connectivity index (χ1v) is 8.96. The van der Waals surface area contributed by atoms with Crippen LogP contribution in [0.2, 0.25) is 0 Å². The fourth-order valence-corrected chi connectivity index (χ4v) is 3.42. The van der Waals surface area contributed by atoms with Gasteiger partial charge in [-0.3, -0.25) is 15.4 Å². The molecule has 23 heavy (non-hydrogen) atoms. The van der Waals surface area contributed by atoms with Crippen LogP contribution in [0.5, 0.6) is 0 Å². The van der Waals surface area contributed by atoms with Crippen LogP contribution in [-0.4, -0.2) is 17.5 Å². The van der Waals surface area contributed by atoms with Crippen LogP contribution in [0.4, 0.5) is 5.69 Å². The van der Waals surface area contributed by atoms with E-state index in [4.69, 9.17) is 0 Å². The molecule has 0 radical (unpaired) electrons. The molecule has 3 nitrogen and oxygen atoms in total. The van der Waals surface area contributed by atoms with Gasteiger partial charge in [0.05, 0.1) is 18.8 Å². The van der Waals surface area contributed by atoms with Gasteiger partial charge in [0.15, 0.2) is 5.17 Å². The minimum absolute atomic E-state index is 0.816. The van der Waals surface area contributed by atoms with Gasteiger partial charge >= 0.3 is 0 Å². The van der Waals surface area contributed by atoms with Crippen LogP contribution in [0.15, 0.2) is 47.5 Å². The second-order valence-corrected chi connectivity index (χ2v) is 6.96. The monoisotopic (exact) mass is 325 g/mol. The lowest BCUT2D eigenvalue weighted by atomic mass is 10.1. The summed E-state index contributed by atoms with van der Waals surface area (Å²) >= 11 is 1.79. The van der Waals surface area contributed by atoms with Gasteiger partial charge in [0.25, 0.3) is 0 Å². The van der Waals surface area contributed by atoms with E-state index in [0.717, 1.165) is 24.0 Å². The van der Waals surface area contributed by atoms with Crippen LogP contribution in [0.3, 0.4) is 0 Å². The summed E-state index contributed by atoms with van der Waals surface area (Å²) in [5.74, 6) is 1.06. The van der Waals surface area contributed by atoms with Crippen molar-refractivity contribution in [3.63, 3.8) is 0 Å². The highest BCUT2D eigenvalue weighted by Gasteiger charge is 2.16. The van der Waals surface area contributed by atoms with Crippen molar-refractivity contribution in [2.75, 3.05) is 17.3 Å². The van der Waals surface area contributed by atoms with Crippen molar-refractivity contribution in [1.82, 2.24) is 5.43 Å². The third-order valence-corrected chi connectivity index (χ3v) is 5.15. The number of aryl methyl sites for hydroxylation is 2. The third-order valence-electron chi connectivity index (χ3n) is 4.27. The number of rotatable bonds is 4. The quantitative estimate of drug-likeness (QED) is 0.853. The molecule has 3 rings (SSSR count). The molecule has 0 unspecified atom stereocenters. The first-order valence-electron chi connectivity index (χ1n) is 7.97. The smallest absolute Gasteiger partial charge is 0.175 e. The van der Waals surface area contributed by atoms with Gasteiger partial charge in [-0.15, -0.1) is 0 Å². The molecule has 0 fully saturated rings. The number of hydrogen-bond acceptors (Lipinski definition) is 4. The maximum atomic E-state index is 4.54. The number of benzene rings is 2.